The molecule has 0 unspecified atom stereocenters. The van der Waals surface area contributed by atoms with E-state index in [0.717, 1.165) is 11.3 Å². The van der Waals surface area contributed by atoms with Gasteiger partial charge >= 0.3 is 0 Å². The second kappa shape index (κ2) is 6.03. The average Bonchev–Trinajstić information content (AvgIpc) is 2.41. The van der Waals surface area contributed by atoms with E-state index in [0.29, 0.717) is 10.6 Å². The van der Waals surface area contributed by atoms with Gasteiger partial charge in [0.25, 0.3) is 5.69 Å². The van der Waals surface area contributed by atoms with Crippen molar-refractivity contribution in [2.45, 2.75) is 6.92 Å². The fraction of sp³-hybridized carbons (Fsp3) is 0.0714. The summed E-state index contributed by atoms with van der Waals surface area (Å²) in [7, 11) is 0. The van der Waals surface area contributed by atoms with Crippen molar-refractivity contribution in [2.24, 2.45) is 4.99 Å². The van der Waals surface area contributed by atoms with Gasteiger partial charge in [-0.15, -0.1) is 0 Å². The summed E-state index contributed by atoms with van der Waals surface area (Å²) in [4.78, 5) is 14.6. The summed E-state index contributed by atoms with van der Waals surface area (Å²) in [5.74, 6) is 0. The van der Waals surface area contributed by atoms with Crippen molar-refractivity contribution < 1.29 is 4.92 Å². The third kappa shape index (κ3) is 3.35. The lowest BCUT2D eigenvalue weighted by atomic mass is 10.2. The van der Waals surface area contributed by atoms with E-state index in [1.807, 2.05) is 13.0 Å². The van der Waals surface area contributed by atoms with E-state index in [2.05, 4.69) is 4.99 Å². The number of nitrogens with zero attached hydrogens (tertiary/aromatic N) is 2. The summed E-state index contributed by atoms with van der Waals surface area (Å²) in [6.45, 7) is 1.91. The van der Waals surface area contributed by atoms with Gasteiger partial charge in [-0.2, -0.15) is 0 Å². The molecule has 102 valence electrons. The summed E-state index contributed by atoms with van der Waals surface area (Å²) in [5.41, 5.74) is 2.14. The van der Waals surface area contributed by atoms with Crippen molar-refractivity contribution in [3.63, 3.8) is 0 Å². The molecule has 2 aromatic carbocycles. The van der Waals surface area contributed by atoms with Crippen LogP contribution in [0.5, 0.6) is 0 Å². The molecule has 2 rings (SSSR count). The Hall–Kier alpha value is -1.91. The maximum absolute atomic E-state index is 10.8. The van der Waals surface area contributed by atoms with Crippen LogP contribution in [-0.2, 0) is 0 Å². The molecule has 0 heterocycles. The maximum atomic E-state index is 10.8. The number of hydrogen-bond acceptors (Lipinski definition) is 3. The number of nitro groups is 1. The Morgan fingerprint density at radius 3 is 2.65 bits per heavy atom. The second-order valence-corrected chi connectivity index (χ2v) is 5.00. The lowest BCUT2D eigenvalue weighted by Gasteiger charge is -2.01. The van der Waals surface area contributed by atoms with Crippen molar-refractivity contribution in [1.29, 1.82) is 0 Å². The third-order valence-corrected chi connectivity index (χ3v) is 3.25. The number of hydrogen-bond donors (Lipinski definition) is 0. The molecule has 2 aromatic rings. The van der Waals surface area contributed by atoms with Gasteiger partial charge in [-0.05, 0) is 36.2 Å². The van der Waals surface area contributed by atoms with Crippen molar-refractivity contribution in [3.8, 4) is 0 Å². The minimum Gasteiger partial charge on any atom is -0.258 e. The van der Waals surface area contributed by atoms with Crippen LogP contribution in [0.25, 0.3) is 0 Å². The molecule has 0 atom stereocenters. The first-order valence-corrected chi connectivity index (χ1v) is 6.47. The van der Waals surface area contributed by atoms with Gasteiger partial charge in [0, 0.05) is 17.3 Å². The van der Waals surface area contributed by atoms with Crippen LogP contribution in [0, 0.1) is 17.0 Å². The Balaban J connectivity index is 2.34. The summed E-state index contributed by atoms with van der Waals surface area (Å²) < 4.78 is 0. The molecule has 0 N–H and O–H groups in total. The van der Waals surface area contributed by atoms with Gasteiger partial charge in [0.2, 0.25) is 0 Å². The van der Waals surface area contributed by atoms with Gasteiger partial charge in [0.05, 0.1) is 10.6 Å². The first kappa shape index (κ1) is 14.5. The zero-order valence-corrected chi connectivity index (χ0v) is 12.0. The molecule has 0 saturated carbocycles. The summed E-state index contributed by atoms with van der Waals surface area (Å²) in [6, 6.07) is 9.90. The Morgan fingerprint density at radius 2 is 1.95 bits per heavy atom. The molecule has 0 aliphatic heterocycles. The van der Waals surface area contributed by atoms with Crippen LogP contribution in [0.4, 0.5) is 11.4 Å². The highest BCUT2D eigenvalue weighted by atomic mass is 35.5. The molecule has 0 aliphatic carbocycles. The molecule has 0 fully saturated rings. The van der Waals surface area contributed by atoms with E-state index in [1.165, 1.54) is 12.1 Å². The predicted molar refractivity (Wildman–Crippen MR) is 81.5 cm³/mol. The summed E-state index contributed by atoms with van der Waals surface area (Å²) in [6.07, 6.45) is 1.54. The van der Waals surface area contributed by atoms with Crippen LogP contribution < -0.4 is 0 Å². The normalized spacial score (nSPS) is 10.9. The SMILES string of the molecule is Cc1ccc(Cl)cc1N=Cc1ccc(Cl)c([N+](=O)[O-])c1. The minimum absolute atomic E-state index is 0.103. The van der Waals surface area contributed by atoms with E-state index in [9.17, 15) is 10.1 Å². The van der Waals surface area contributed by atoms with Crippen molar-refractivity contribution in [2.75, 3.05) is 0 Å². The van der Waals surface area contributed by atoms with Crippen molar-refractivity contribution >= 4 is 40.8 Å². The Kier molecular flexibility index (Phi) is 4.37. The molecule has 0 saturated heterocycles. The molecular formula is C14H10Cl2N2O2. The number of aliphatic imine (C=N–C) groups is 1. The quantitative estimate of drug-likeness (QED) is 0.457. The van der Waals surface area contributed by atoms with Crippen molar-refractivity contribution in [3.05, 3.63) is 67.7 Å². The zero-order valence-electron chi connectivity index (χ0n) is 10.5. The second-order valence-electron chi connectivity index (χ2n) is 4.16. The molecule has 0 bridgehead atoms. The van der Waals surface area contributed by atoms with Gasteiger partial charge in [0.1, 0.15) is 5.02 Å². The molecular weight excluding hydrogens is 299 g/mol. The first-order valence-electron chi connectivity index (χ1n) is 5.71. The fourth-order valence-electron chi connectivity index (χ4n) is 1.62. The van der Waals surface area contributed by atoms with E-state index < -0.39 is 4.92 Å². The van der Waals surface area contributed by atoms with Crippen molar-refractivity contribution in [1.82, 2.24) is 0 Å². The smallest absolute Gasteiger partial charge is 0.258 e. The zero-order chi connectivity index (χ0) is 14.7. The highest BCUT2D eigenvalue weighted by Crippen LogP contribution is 2.26. The average molecular weight is 309 g/mol. The van der Waals surface area contributed by atoms with Gasteiger partial charge in [-0.3, -0.25) is 15.1 Å². The van der Waals surface area contributed by atoms with Gasteiger partial charge < -0.3 is 0 Å². The van der Waals surface area contributed by atoms with E-state index >= 15 is 0 Å². The third-order valence-electron chi connectivity index (χ3n) is 2.69. The fourth-order valence-corrected chi connectivity index (χ4v) is 1.97. The molecule has 0 aliphatic rings. The highest BCUT2D eigenvalue weighted by molar-refractivity contribution is 6.32. The molecule has 0 aromatic heterocycles. The van der Waals surface area contributed by atoms with Crippen LogP contribution in [-0.4, -0.2) is 11.1 Å². The van der Waals surface area contributed by atoms with Gasteiger partial charge in [-0.25, -0.2) is 0 Å². The first-order chi connectivity index (χ1) is 9.47. The Morgan fingerprint density at radius 1 is 1.20 bits per heavy atom. The molecule has 0 spiro atoms. The summed E-state index contributed by atoms with van der Waals surface area (Å²) in [5, 5.41) is 11.5. The largest absolute Gasteiger partial charge is 0.288 e. The topological polar surface area (TPSA) is 55.5 Å². The van der Waals surface area contributed by atoms with Crippen LogP contribution in [0.2, 0.25) is 10.0 Å². The minimum atomic E-state index is -0.524. The standard InChI is InChI=1S/C14H10Cl2N2O2/c1-9-2-4-11(15)7-13(9)17-8-10-3-5-12(16)14(6-10)18(19)20/h2-8H,1H3. The molecule has 6 heteroatoms. The Bertz CT molecular complexity index is 700. The maximum Gasteiger partial charge on any atom is 0.288 e. The lowest BCUT2D eigenvalue weighted by molar-refractivity contribution is -0.384. The monoisotopic (exact) mass is 308 g/mol. The van der Waals surface area contributed by atoms with Crippen LogP contribution in [0.3, 0.4) is 0 Å². The number of benzene rings is 2. The van der Waals surface area contributed by atoms with Gasteiger partial charge in [-0.1, -0.05) is 35.3 Å². The van der Waals surface area contributed by atoms with Gasteiger partial charge in [0.15, 0.2) is 0 Å². The van der Waals surface area contributed by atoms with E-state index in [4.69, 9.17) is 23.2 Å². The highest BCUT2D eigenvalue weighted by Gasteiger charge is 2.11. The molecule has 0 amide bonds. The van der Waals surface area contributed by atoms with Crippen LogP contribution >= 0.6 is 23.2 Å². The van der Waals surface area contributed by atoms with E-state index in [1.54, 1.807) is 24.4 Å². The van der Waals surface area contributed by atoms with E-state index in [-0.39, 0.29) is 10.7 Å². The van der Waals surface area contributed by atoms with Crippen LogP contribution in [0.15, 0.2) is 41.4 Å². The predicted octanol–water partition coefficient (Wildman–Crippen LogP) is 4.96. The summed E-state index contributed by atoms with van der Waals surface area (Å²) >= 11 is 11.7. The lowest BCUT2D eigenvalue weighted by Crippen LogP contribution is -1.91. The number of aryl methyl sites for hydroxylation is 1. The van der Waals surface area contributed by atoms with Crippen LogP contribution in [0.1, 0.15) is 11.1 Å². The number of rotatable bonds is 3. The molecule has 20 heavy (non-hydrogen) atoms. The molecule has 0 radical (unpaired) electrons. The Labute approximate surface area is 125 Å². The molecule has 4 nitrogen and oxygen atoms in total. The number of halogens is 2. The number of nitro benzene ring substituents is 1.